The number of aliphatic hydroxyl groups excluding tert-OH is 1. The molecule has 1 fully saturated rings. The Morgan fingerprint density at radius 3 is 2.64 bits per heavy atom. The summed E-state index contributed by atoms with van der Waals surface area (Å²) in [5.41, 5.74) is 4.66. The van der Waals surface area contributed by atoms with Crippen LogP contribution >= 0.6 is 24.0 Å². The van der Waals surface area contributed by atoms with Gasteiger partial charge < -0.3 is 15.7 Å². The van der Waals surface area contributed by atoms with E-state index in [-0.39, 0.29) is 24.4 Å². The van der Waals surface area contributed by atoms with Gasteiger partial charge in [-0.25, -0.2) is 0 Å². The first-order chi connectivity index (χ1) is 11.5. The van der Waals surface area contributed by atoms with Crippen LogP contribution in [0.4, 0.5) is 0 Å². The van der Waals surface area contributed by atoms with Crippen molar-refractivity contribution < 1.29 is 5.11 Å². The van der Waals surface area contributed by atoms with Crippen molar-refractivity contribution in [1.82, 2.24) is 20.4 Å². The van der Waals surface area contributed by atoms with Gasteiger partial charge in [-0.3, -0.25) is 4.68 Å². The molecule has 2 heterocycles. The van der Waals surface area contributed by atoms with E-state index in [1.165, 1.54) is 16.8 Å². The zero-order valence-corrected chi connectivity index (χ0v) is 16.2. The summed E-state index contributed by atoms with van der Waals surface area (Å²) in [6.45, 7) is 8.07. The molecule has 0 amide bonds. The summed E-state index contributed by atoms with van der Waals surface area (Å²) < 4.78 is 2.04. The summed E-state index contributed by atoms with van der Waals surface area (Å²) in [6.07, 6.45) is -0.243. The summed E-state index contributed by atoms with van der Waals surface area (Å²) in [6, 6.07) is 7.88. The van der Waals surface area contributed by atoms with Gasteiger partial charge in [-0.2, -0.15) is 5.10 Å². The van der Waals surface area contributed by atoms with E-state index >= 15 is 0 Å². The van der Waals surface area contributed by atoms with Gasteiger partial charge in [-0.05, 0) is 31.5 Å². The van der Waals surface area contributed by atoms with Gasteiger partial charge in [0.25, 0.3) is 0 Å². The molecule has 1 aliphatic heterocycles. The van der Waals surface area contributed by atoms with Gasteiger partial charge in [0.15, 0.2) is 0 Å². The van der Waals surface area contributed by atoms with E-state index in [0.29, 0.717) is 6.54 Å². The second kappa shape index (κ2) is 9.01. The molecule has 25 heavy (non-hydrogen) atoms. The van der Waals surface area contributed by atoms with Crippen LogP contribution in [0.15, 0.2) is 24.3 Å². The van der Waals surface area contributed by atoms with Crippen molar-refractivity contribution in [2.24, 2.45) is 5.92 Å². The predicted molar refractivity (Wildman–Crippen MR) is 104 cm³/mol. The van der Waals surface area contributed by atoms with E-state index in [1.54, 1.807) is 0 Å². The molecule has 7 heteroatoms. The number of halogens is 2. The highest BCUT2D eigenvalue weighted by Gasteiger charge is 2.24. The molecule has 2 aromatic rings. The molecule has 5 nitrogen and oxygen atoms in total. The molecule has 0 spiro atoms. The highest BCUT2D eigenvalue weighted by molar-refractivity contribution is 6.30. The smallest absolute Gasteiger partial charge is 0.0716 e. The Labute approximate surface area is 160 Å². The number of β-amino-alcohol motifs (C(OH)–C–C–N with tert-alkyl or cyclic N) is 1. The molecule has 2 unspecified atom stereocenters. The number of benzene rings is 1. The maximum absolute atomic E-state index is 9.85. The van der Waals surface area contributed by atoms with E-state index in [2.05, 4.69) is 22.7 Å². The lowest BCUT2D eigenvalue weighted by atomic mass is 10.1. The van der Waals surface area contributed by atoms with Crippen molar-refractivity contribution in [3.05, 3.63) is 51.8 Å². The fourth-order valence-electron chi connectivity index (χ4n) is 3.22. The molecule has 1 aliphatic rings. The minimum Gasteiger partial charge on any atom is -0.391 e. The molecule has 3 rings (SSSR count). The van der Waals surface area contributed by atoms with Crippen LogP contribution in [-0.4, -0.2) is 40.6 Å². The molecule has 138 valence electrons. The van der Waals surface area contributed by atoms with Crippen molar-refractivity contribution >= 4 is 24.0 Å². The molecular weight excluding hydrogens is 359 g/mol. The van der Waals surface area contributed by atoms with Crippen LogP contribution in [0.25, 0.3) is 0 Å². The standard InChI is InChI=1S/C18H25ClN4O.ClH/c1-12-17(9-20-7-15-8-21-10-18(15)24)13(2)23(22-12)11-14-3-5-16(19)6-4-14;/h3-6,15,18,20-21,24H,7-11H2,1-2H3;1H. The summed E-state index contributed by atoms with van der Waals surface area (Å²) >= 11 is 5.94. The number of hydrogen-bond acceptors (Lipinski definition) is 4. The number of nitrogens with one attached hydrogen (secondary N) is 2. The van der Waals surface area contributed by atoms with Crippen LogP contribution in [0.3, 0.4) is 0 Å². The fourth-order valence-corrected chi connectivity index (χ4v) is 3.34. The quantitative estimate of drug-likeness (QED) is 0.714. The molecule has 0 bridgehead atoms. The first kappa shape index (κ1) is 20.2. The first-order valence-electron chi connectivity index (χ1n) is 8.41. The van der Waals surface area contributed by atoms with Crippen LogP contribution in [-0.2, 0) is 13.1 Å². The van der Waals surface area contributed by atoms with Gasteiger partial charge in [0.05, 0.1) is 18.3 Å². The van der Waals surface area contributed by atoms with Gasteiger partial charge in [-0.15, -0.1) is 12.4 Å². The number of rotatable bonds is 6. The minimum absolute atomic E-state index is 0. The Morgan fingerprint density at radius 2 is 2.00 bits per heavy atom. The third kappa shape index (κ3) is 4.96. The molecule has 3 N–H and O–H groups in total. The number of hydrogen-bond donors (Lipinski definition) is 3. The molecule has 0 radical (unpaired) electrons. The molecule has 1 aromatic heterocycles. The molecule has 1 saturated heterocycles. The Balaban J connectivity index is 0.00000225. The average molecular weight is 385 g/mol. The van der Waals surface area contributed by atoms with E-state index < -0.39 is 0 Å². The molecule has 0 saturated carbocycles. The zero-order valence-electron chi connectivity index (χ0n) is 14.6. The van der Waals surface area contributed by atoms with E-state index in [0.717, 1.165) is 36.9 Å². The Kier molecular flexibility index (Phi) is 7.28. The molecule has 1 aromatic carbocycles. The van der Waals surface area contributed by atoms with Crippen molar-refractivity contribution in [2.75, 3.05) is 19.6 Å². The largest absolute Gasteiger partial charge is 0.391 e. The van der Waals surface area contributed by atoms with Crippen molar-refractivity contribution in [2.45, 2.75) is 33.0 Å². The van der Waals surface area contributed by atoms with E-state index in [9.17, 15) is 5.11 Å². The predicted octanol–water partition coefficient (Wildman–Crippen LogP) is 2.29. The fraction of sp³-hybridized carbons (Fsp3) is 0.500. The third-order valence-electron chi connectivity index (χ3n) is 4.79. The minimum atomic E-state index is -0.243. The molecule has 2 atom stereocenters. The SMILES string of the molecule is Cc1nn(Cc2ccc(Cl)cc2)c(C)c1CNCC1CNCC1O.Cl. The lowest BCUT2D eigenvalue weighted by Crippen LogP contribution is -2.30. The summed E-state index contributed by atoms with van der Waals surface area (Å²) in [4.78, 5) is 0. The molecular formula is C18H26Cl2N4O. The third-order valence-corrected chi connectivity index (χ3v) is 5.04. The Bertz CT molecular complexity index is 687. The zero-order chi connectivity index (χ0) is 17.1. The van der Waals surface area contributed by atoms with E-state index in [1.807, 2.05) is 35.9 Å². The topological polar surface area (TPSA) is 62.1 Å². The average Bonchev–Trinajstić information content (AvgIpc) is 3.08. The van der Waals surface area contributed by atoms with E-state index in [4.69, 9.17) is 11.6 Å². The second-order valence-corrected chi connectivity index (χ2v) is 6.99. The highest BCUT2D eigenvalue weighted by atomic mass is 35.5. The van der Waals surface area contributed by atoms with Crippen molar-refractivity contribution in [3.63, 3.8) is 0 Å². The van der Waals surface area contributed by atoms with Gasteiger partial charge in [0.1, 0.15) is 0 Å². The Morgan fingerprint density at radius 1 is 1.28 bits per heavy atom. The monoisotopic (exact) mass is 384 g/mol. The van der Waals surface area contributed by atoms with Crippen LogP contribution in [0.5, 0.6) is 0 Å². The summed E-state index contributed by atoms with van der Waals surface area (Å²) in [7, 11) is 0. The van der Waals surface area contributed by atoms with Crippen LogP contribution < -0.4 is 10.6 Å². The maximum atomic E-state index is 9.85. The molecule has 0 aliphatic carbocycles. The lowest BCUT2D eigenvalue weighted by Gasteiger charge is -2.14. The number of nitrogens with zero attached hydrogens (tertiary/aromatic N) is 2. The first-order valence-corrected chi connectivity index (χ1v) is 8.79. The number of aromatic nitrogens is 2. The maximum Gasteiger partial charge on any atom is 0.0716 e. The van der Waals surface area contributed by atoms with Gasteiger partial charge in [0.2, 0.25) is 0 Å². The number of aryl methyl sites for hydroxylation is 1. The van der Waals surface area contributed by atoms with Crippen LogP contribution in [0, 0.1) is 19.8 Å². The second-order valence-electron chi connectivity index (χ2n) is 6.55. The van der Waals surface area contributed by atoms with Crippen molar-refractivity contribution in [3.8, 4) is 0 Å². The Hall–Kier alpha value is -1.11. The van der Waals surface area contributed by atoms with Gasteiger partial charge in [-0.1, -0.05) is 23.7 Å². The summed E-state index contributed by atoms with van der Waals surface area (Å²) in [5.74, 6) is 0.287. The number of aliphatic hydroxyl groups is 1. The van der Waals surface area contributed by atoms with Gasteiger partial charge >= 0.3 is 0 Å². The van der Waals surface area contributed by atoms with Crippen LogP contribution in [0.2, 0.25) is 5.02 Å². The highest BCUT2D eigenvalue weighted by Crippen LogP contribution is 2.16. The van der Waals surface area contributed by atoms with Crippen LogP contribution in [0.1, 0.15) is 22.5 Å². The summed E-state index contributed by atoms with van der Waals surface area (Å²) in [5, 5.41) is 22.0. The van der Waals surface area contributed by atoms with Gasteiger partial charge in [0, 0.05) is 48.4 Å². The van der Waals surface area contributed by atoms with Crippen molar-refractivity contribution in [1.29, 1.82) is 0 Å². The normalized spacial score (nSPS) is 19.8. The lowest BCUT2D eigenvalue weighted by molar-refractivity contribution is 0.146.